The van der Waals surface area contributed by atoms with E-state index in [9.17, 15) is 0 Å². The number of aryl methyl sites for hydroxylation is 1. The van der Waals surface area contributed by atoms with Crippen molar-refractivity contribution in [2.45, 2.75) is 31.8 Å². The number of benzene rings is 2. The van der Waals surface area contributed by atoms with Crippen LogP contribution in [0.3, 0.4) is 0 Å². The first-order valence-corrected chi connectivity index (χ1v) is 11.5. The number of guanidine groups is 1. The number of hydrogen-bond acceptors (Lipinski definition) is 4. The van der Waals surface area contributed by atoms with Crippen molar-refractivity contribution in [3.8, 4) is 5.75 Å². The number of fused-ring (bicyclic) bond motifs is 1. The lowest BCUT2D eigenvalue weighted by atomic mass is 10.1. The van der Waals surface area contributed by atoms with Crippen molar-refractivity contribution in [3.05, 3.63) is 60.4 Å². The molecule has 1 saturated heterocycles. The first-order chi connectivity index (χ1) is 15.8. The predicted molar refractivity (Wildman–Crippen MR) is 146 cm³/mol. The number of hydrogen-bond donors (Lipinski definition) is 2. The Bertz CT molecular complexity index is 1030. The molecule has 0 saturated carbocycles. The lowest BCUT2D eigenvalue weighted by molar-refractivity contribution is 0.245. The Balaban J connectivity index is 0.00000306. The van der Waals surface area contributed by atoms with Crippen LogP contribution < -0.4 is 15.4 Å². The normalized spacial score (nSPS) is 15.3. The molecule has 1 aromatic heterocycles. The number of rotatable bonds is 9. The van der Waals surface area contributed by atoms with Gasteiger partial charge in [0.25, 0.3) is 0 Å². The van der Waals surface area contributed by atoms with E-state index >= 15 is 0 Å². The fourth-order valence-corrected chi connectivity index (χ4v) is 4.42. The van der Waals surface area contributed by atoms with E-state index in [-0.39, 0.29) is 24.0 Å². The van der Waals surface area contributed by atoms with Crippen LogP contribution in [0, 0.1) is 0 Å². The highest BCUT2D eigenvalue weighted by Crippen LogP contribution is 2.27. The van der Waals surface area contributed by atoms with Crippen molar-refractivity contribution in [3.63, 3.8) is 0 Å². The number of aromatic nitrogens is 2. The van der Waals surface area contributed by atoms with Crippen molar-refractivity contribution in [2.75, 3.05) is 40.3 Å². The SMILES string of the molecule is CN=C(NCCCn1cnc2ccccc21)NCC(c1cccc(OC)c1)N1CCCC1.I. The molecule has 0 spiro atoms. The van der Waals surface area contributed by atoms with Crippen molar-refractivity contribution in [1.82, 2.24) is 25.1 Å². The zero-order chi connectivity index (χ0) is 22.2. The number of aliphatic imine (C=N–C) groups is 1. The van der Waals surface area contributed by atoms with Gasteiger partial charge in [0.15, 0.2) is 5.96 Å². The van der Waals surface area contributed by atoms with E-state index in [1.165, 1.54) is 23.9 Å². The number of methoxy groups -OCH3 is 1. The minimum absolute atomic E-state index is 0. The molecule has 8 heteroatoms. The first-order valence-electron chi connectivity index (χ1n) is 11.5. The smallest absolute Gasteiger partial charge is 0.191 e. The summed E-state index contributed by atoms with van der Waals surface area (Å²) in [5.74, 6) is 1.74. The number of likely N-dealkylation sites (tertiary alicyclic amines) is 1. The average molecular weight is 563 g/mol. The fraction of sp³-hybridized carbons (Fsp3) is 0.440. The molecule has 3 aromatic rings. The molecule has 33 heavy (non-hydrogen) atoms. The standard InChI is InChI=1S/C25H34N6O.HI/c1-26-25(27-13-8-16-31-19-29-22-11-3-4-12-23(22)31)28-18-24(30-14-5-6-15-30)20-9-7-10-21(17-20)32-2;/h3-4,7,9-12,17,19,24H,5-6,8,13-16,18H2,1-2H3,(H2,26,27,28);1H. The summed E-state index contributed by atoms with van der Waals surface area (Å²) in [4.78, 5) is 11.5. The van der Waals surface area contributed by atoms with Gasteiger partial charge in [-0.2, -0.15) is 0 Å². The third-order valence-corrected chi connectivity index (χ3v) is 6.14. The number of para-hydroxylation sites is 2. The molecule has 0 aliphatic carbocycles. The summed E-state index contributed by atoms with van der Waals surface area (Å²) in [6.07, 6.45) is 5.44. The van der Waals surface area contributed by atoms with E-state index in [0.717, 1.165) is 56.4 Å². The maximum Gasteiger partial charge on any atom is 0.191 e. The Hall–Kier alpha value is -2.33. The van der Waals surface area contributed by atoms with Crippen molar-refractivity contribution in [1.29, 1.82) is 0 Å². The van der Waals surface area contributed by atoms with Gasteiger partial charge in [-0.05, 0) is 62.2 Å². The molecule has 1 aliphatic heterocycles. The van der Waals surface area contributed by atoms with Gasteiger partial charge in [-0.15, -0.1) is 24.0 Å². The summed E-state index contributed by atoms with van der Waals surface area (Å²) >= 11 is 0. The molecule has 1 unspecified atom stereocenters. The van der Waals surface area contributed by atoms with Gasteiger partial charge in [-0.1, -0.05) is 24.3 Å². The maximum absolute atomic E-state index is 5.46. The predicted octanol–water partition coefficient (Wildman–Crippen LogP) is 4.06. The maximum atomic E-state index is 5.46. The molecule has 2 aromatic carbocycles. The number of ether oxygens (including phenoxy) is 1. The van der Waals surface area contributed by atoms with E-state index in [1.54, 1.807) is 7.11 Å². The first kappa shape index (κ1) is 25.3. The van der Waals surface area contributed by atoms with Gasteiger partial charge in [0.1, 0.15) is 5.75 Å². The zero-order valence-electron chi connectivity index (χ0n) is 19.5. The molecule has 0 radical (unpaired) electrons. The molecule has 1 fully saturated rings. The highest BCUT2D eigenvalue weighted by molar-refractivity contribution is 14.0. The Labute approximate surface area is 213 Å². The van der Waals surface area contributed by atoms with Crippen LogP contribution >= 0.6 is 24.0 Å². The third kappa shape index (κ3) is 6.60. The quantitative estimate of drug-likeness (QED) is 0.178. The largest absolute Gasteiger partial charge is 0.497 e. The van der Waals surface area contributed by atoms with Crippen LogP contribution in [0.5, 0.6) is 5.75 Å². The van der Waals surface area contributed by atoms with Crippen molar-refractivity contribution < 1.29 is 4.74 Å². The summed E-state index contributed by atoms with van der Waals surface area (Å²) in [5.41, 5.74) is 3.51. The van der Waals surface area contributed by atoms with E-state index in [0.29, 0.717) is 6.04 Å². The van der Waals surface area contributed by atoms with E-state index < -0.39 is 0 Å². The fourth-order valence-electron chi connectivity index (χ4n) is 4.42. The Morgan fingerprint density at radius 2 is 1.94 bits per heavy atom. The molecule has 0 amide bonds. The van der Waals surface area contributed by atoms with Crippen molar-refractivity contribution in [2.24, 2.45) is 4.99 Å². The molecule has 2 heterocycles. The minimum Gasteiger partial charge on any atom is -0.497 e. The zero-order valence-corrected chi connectivity index (χ0v) is 21.9. The van der Waals surface area contributed by atoms with Crippen molar-refractivity contribution >= 4 is 41.0 Å². The van der Waals surface area contributed by atoms with E-state index in [4.69, 9.17) is 4.74 Å². The average Bonchev–Trinajstić information content (AvgIpc) is 3.51. The van der Waals surface area contributed by atoms with Crippen LogP contribution in [-0.2, 0) is 6.54 Å². The van der Waals surface area contributed by atoms with Crippen LogP contribution in [0.1, 0.15) is 30.9 Å². The molecule has 4 rings (SSSR count). The second kappa shape index (κ2) is 12.8. The third-order valence-electron chi connectivity index (χ3n) is 6.14. The molecule has 7 nitrogen and oxygen atoms in total. The Kier molecular flexibility index (Phi) is 9.80. The summed E-state index contributed by atoms with van der Waals surface area (Å²) in [7, 11) is 3.55. The number of nitrogens with zero attached hydrogens (tertiary/aromatic N) is 4. The monoisotopic (exact) mass is 562 g/mol. The molecule has 1 aliphatic rings. The van der Waals surface area contributed by atoms with Crippen LogP contribution in [0.25, 0.3) is 11.0 Å². The number of nitrogens with one attached hydrogen (secondary N) is 2. The van der Waals surface area contributed by atoms with Crippen LogP contribution in [0.15, 0.2) is 59.9 Å². The van der Waals surface area contributed by atoms with Gasteiger partial charge >= 0.3 is 0 Å². The minimum atomic E-state index is 0. The number of imidazole rings is 1. The molecular formula is C25H35IN6O. The lowest BCUT2D eigenvalue weighted by Gasteiger charge is -2.29. The summed E-state index contributed by atoms with van der Waals surface area (Å²) in [6, 6.07) is 17.0. The summed E-state index contributed by atoms with van der Waals surface area (Å²) in [6.45, 7) is 4.84. The van der Waals surface area contributed by atoms with Crippen LogP contribution in [0.4, 0.5) is 0 Å². The Morgan fingerprint density at radius 3 is 2.73 bits per heavy atom. The topological polar surface area (TPSA) is 66.7 Å². The second-order valence-electron chi connectivity index (χ2n) is 8.20. The summed E-state index contributed by atoms with van der Waals surface area (Å²) < 4.78 is 7.66. The van der Waals surface area contributed by atoms with E-state index in [2.05, 4.69) is 66.5 Å². The molecule has 0 bridgehead atoms. The number of halogens is 1. The van der Waals surface area contributed by atoms with E-state index in [1.807, 2.05) is 25.5 Å². The highest BCUT2D eigenvalue weighted by Gasteiger charge is 2.24. The molecule has 1 atom stereocenters. The molecule has 178 valence electrons. The second-order valence-corrected chi connectivity index (χ2v) is 8.20. The van der Waals surface area contributed by atoms with Gasteiger partial charge in [0.2, 0.25) is 0 Å². The highest BCUT2D eigenvalue weighted by atomic mass is 127. The van der Waals surface area contributed by atoms with Gasteiger partial charge in [0.05, 0.1) is 30.5 Å². The molecular weight excluding hydrogens is 527 g/mol. The van der Waals surface area contributed by atoms with Crippen LogP contribution in [-0.4, -0.2) is 60.7 Å². The molecule has 2 N–H and O–H groups in total. The van der Waals surface area contributed by atoms with Gasteiger partial charge in [-0.3, -0.25) is 9.89 Å². The van der Waals surface area contributed by atoms with Gasteiger partial charge < -0.3 is 19.9 Å². The van der Waals surface area contributed by atoms with Gasteiger partial charge in [0, 0.05) is 26.7 Å². The van der Waals surface area contributed by atoms with Crippen LogP contribution in [0.2, 0.25) is 0 Å². The Morgan fingerprint density at radius 1 is 1.12 bits per heavy atom. The lowest BCUT2D eigenvalue weighted by Crippen LogP contribution is -2.43. The summed E-state index contributed by atoms with van der Waals surface area (Å²) in [5, 5.41) is 7.00. The van der Waals surface area contributed by atoms with Gasteiger partial charge in [-0.25, -0.2) is 4.98 Å².